The van der Waals surface area contributed by atoms with Gasteiger partial charge in [-0.15, -0.1) is 0 Å². The van der Waals surface area contributed by atoms with E-state index in [9.17, 15) is 14.4 Å². The highest BCUT2D eigenvalue weighted by atomic mass is 16.4. The van der Waals surface area contributed by atoms with Gasteiger partial charge in [0.05, 0.1) is 17.8 Å². The van der Waals surface area contributed by atoms with E-state index in [2.05, 4.69) is 10.6 Å². The Bertz CT molecular complexity index is 683. The second kappa shape index (κ2) is 5.37. The Morgan fingerprint density at radius 2 is 1.96 bits per heavy atom. The summed E-state index contributed by atoms with van der Waals surface area (Å²) in [6, 6.07) is 7.51. The van der Waals surface area contributed by atoms with Crippen LogP contribution in [0.2, 0.25) is 0 Å². The first-order valence-corrected chi connectivity index (χ1v) is 7.74. The summed E-state index contributed by atoms with van der Waals surface area (Å²) in [5.74, 6) is -2.62. The molecule has 3 rings (SSSR count). The monoisotopic (exact) mass is 316 g/mol. The van der Waals surface area contributed by atoms with E-state index in [4.69, 9.17) is 5.11 Å². The molecule has 6 heteroatoms. The maximum atomic E-state index is 12.2. The average Bonchev–Trinajstić information content (AvgIpc) is 2.93. The van der Waals surface area contributed by atoms with Gasteiger partial charge >= 0.3 is 5.97 Å². The fourth-order valence-corrected chi connectivity index (χ4v) is 3.60. The van der Waals surface area contributed by atoms with E-state index in [1.54, 1.807) is 13.8 Å². The Hall–Kier alpha value is -2.37. The molecule has 0 aromatic heterocycles. The quantitative estimate of drug-likeness (QED) is 0.768. The number of hydrogen-bond donors (Lipinski definition) is 3. The number of para-hydroxylation sites is 1. The van der Waals surface area contributed by atoms with Crippen molar-refractivity contribution in [1.82, 2.24) is 5.32 Å². The van der Waals surface area contributed by atoms with Gasteiger partial charge in [0.2, 0.25) is 11.8 Å². The summed E-state index contributed by atoms with van der Waals surface area (Å²) >= 11 is 0. The first-order chi connectivity index (χ1) is 10.8. The predicted molar refractivity (Wildman–Crippen MR) is 83.8 cm³/mol. The molecule has 1 aromatic carbocycles. The van der Waals surface area contributed by atoms with Gasteiger partial charge in [-0.25, -0.2) is 0 Å². The molecule has 0 bridgehead atoms. The van der Waals surface area contributed by atoms with Crippen molar-refractivity contribution < 1.29 is 19.5 Å². The van der Waals surface area contributed by atoms with E-state index in [1.807, 2.05) is 24.3 Å². The highest BCUT2D eigenvalue weighted by Crippen LogP contribution is 2.58. The second-order valence-corrected chi connectivity index (χ2v) is 6.82. The van der Waals surface area contributed by atoms with Crippen molar-refractivity contribution in [2.24, 2.45) is 17.3 Å². The SMILES string of the molecule is CC1(C)[C@H](C(=O)O)[C@@H]1C(=O)NCCC1C(=O)Nc2ccccc21. The van der Waals surface area contributed by atoms with Crippen molar-refractivity contribution in [2.75, 3.05) is 11.9 Å². The Labute approximate surface area is 134 Å². The van der Waals surface area contributed by atoms with Crippen LogP contribution in [0.1, 0.15) is 31.7 Å². The number of amides is 2. The van der Waals surface area contributed by atoms with Crippen LogP contribution in [-0.2, 0) is 14.4 Å². The van der Waals surface area contributed by atoms with Gasteiger partial charge in [0.1, 0.15) is 0 Å². The summed E-state index contributed by atoms with van der Waals surface area (Å²) in [6.07, 6.45) is 0.499. The molecule has 1 heterocycles. The molecule has 0 radical (unpaired) electrons. The number of rotatable bonds is 5. The third kappa shape index (κ3) is 2.58. The minimum atomic E-state index is -0.931. The van der Waals surface area contributed by atoms with E-state index < -0.39 is 23.2 Å². The maximum absolute atomic E-state index is 12.2. The summed E-state index contributed by atoms with van der Waals surface area (Å²) in [4.78, 5) is 35.3. The van der Waals surface area contributed by atoms with Crippen LogP contribution in [0.3, 0.4) is 0 Å². The molecule has 1 unspecified atom stereocenters. The predicted octanol–water partition coefficient (Wildman–Crippen LogP) is 1.59. The highest BCUT2D eigenvalue weighted by Gasteiger charge is 2.65. The first-order valence-electron chi connectivity index (χ1n) is 7.74. The molecule has 1 aliphatic heterocycles. The standard InChI is InChI=1S/C17H20N2O4/c1-17(2)12(13(17)16(22)23)15(21)18-8-7-10-9-5-3-4-6-11(9)19-14(10)20/h3-6,10,12-13H,7-8H2,1-2H3,(H,18,21)(H,19,20)(H,22,23)/t10?,12-,13+/m1/s1. The van der Waals surface area contributed by atoms with E-state index >= 15 is 0 Å². The summed E-state index contributed by atoms with van der Waals surface area (Å²) in [7, 11) is 0. The normalized spacial score (nSPS) is 27.0. The molecule has 23 heavy (non-hydrogen) atoms. The lowest BCUT2D eigenvalue weighted by Crippen LogP contribution is -2.30. The van der Waals surface area contributed by atoms with Crippen molar-refractivity contribution in [3.05, 3.63) is 29.8 Å². The van der Waals surface area contributed by atoms with Gasteiger partial charge in [-0.05, 0) is 23.5 Å². The Morgan fingerprint density at radius 1 is 1.26 bits per heavy atom. The number of aliphatic carboxylic acids is 1. The minimum absolute atomic E-state index is 0.0596. The van der Waals surface area contributed by atoms with Gasteiger partial charge in [-0.1, -0.05) is 32.0 Å². The van der Waals surface area contributed by atoms with Crippen molar-refractivity contribution in [1.29, 1.82) is 0 Å². The van der Waals surface area contributed by atoms with Crippen molar-refractivity contribution >= 4 is 23.5 Å². The number of carbonyl (C=O) groups is 3. The molecule has 2 aliphatic rings. The van der Waals surface area contributed by atoms with Gasteiger partial charge in [-0.2, -0.15) is 0 Å². The molecule has 1 aromatic rings. The maximum Gasteiger partial charge on any atom is 0.307 e. The van der Waals surface area contributed by atoms with Gasteiger partial charge < -0.3 is 15.7 Å². The minimum Gasteiger partial charge on any atom is -0.481 e. The van der Waals surface area contributed by atoms with Crippen LogP contribution in [0.25, 0.3) is 0 Å². The summed E-state index contributed by atoms with van der Waals surface area (Å²) in [6.45, 7) is 3.93. The van der Waals surface area contributed by atoms with E-state index in [1.165, 1.54) is 0 Å². The molecule has 3 atom stereocenters. The fourth-order valence-electron chi connectivity index (χ4n) is 3.60. The van der Waals surface area contributed by atoms with Crippen LogP contribution in [0.5, 0.6) is 0 Å². The number of fused-ring (bicyclic) bond motifs is 1. The van der Waals surface area contributed by atoms with Crippen LogP contribution in [0, 0.1) is 17.3 Å². The number of anilines is 1. The molecule has 1 aliphatic carbocycles. The third-order valence-corrected chi connectivity index (χ3v) is 5.02. The lowest BCUT2D eigenvalue weighted by Gasteiger charge is -2.10. The molecule has 122 valence electrons. The van der Waals surface area contributed by atoms with Crippen molar-refractivity contribution in [3.63, 3.8) is 0 Å². The number of nitrogens with one attached hydrogen (secondary N) is 2. The number of carbonyl (C=O) groups excluding carboxylic acids is 2. The Kier molecular flexibility index (Phi) is 3.62. The van der Waals surface area contributed by atoms with Gasteiger partial charge in [-0.3, -0.25) is 14.4 Å². The molecule has 0 spiro atoms. The van der Waals surface area contributed by atoms with Gasteiger partial charge in [0.25, 0.3) is 0 Å². The largest absolute Gasteiger partial charge is 0.481 e. The van der Waals surface area contributed by atoms with Crippen LogP contribution in [0.4, 0.5) is 5.69 Å². The van der Waals surface area contributed by atoms with Gasteiger partial charge in [0, 0.05) is 12.2 Å². The van der Waals surface area contributed by atoms with Crippen molar-refractivity contribution in [2.45, 2.75) is 26.2 Å². The van der Waals surface area contributed by atoms with Crippen molar-refractivity contribution in [3.8, 4) is 0 Å². The van der Waals surface area contributed by atoms with Crippen LogP contribution < -0.4 is 10.6 Å². The lowest BCUT2D eigenvalue weighted by atomic mass is 9.97. The topological polar surface area (TPSA) is 95.5 Å². The molecule has 1 saturated carbocycles. The third-order valence-electron chi connectivity index (χ3n) is 5.02. The van der Waals surface area contributed by atoms with Crippen LogP contribution in [-0.4, -0.2) is 29.4 Å². The molecular formula is C17H20N2O4. The second-order valence-electron chi connectivity index (χ2n) is 6.82. The first kappa shape index (κ1) is 15.5. The summed E-state index contributed by atoms with van der Waals surface area (Å²) < 4.78 is 0. The summed E-state index contributed by atoms with van der Waals surface area (Å²) in [5.41, 5.74) is 1.26. The smallest absolute Gasteiger partial charge is 0.307 e. The number of carboxylic acids is 1. The molecular weight excluding hydrogens is 296 g/mol. The Balaban J connectivity index is 1.56. The van der Waals surface area contributed by atoms with Crippen LogP contribution >= 0.6 is 0 Å². The van der Waals surface area contributed by atoms with E-state index in [0.717, 1.165) is 11.3 Å². The zero-order valence-electron chi connectivity index (χ0n) is 13.1. The number of benzene rings is 1. The zero-order valence-corrected chi connectivity index (χ0v) is 13.1. The fraction of sp³-hybridized carbons (Fsp3) is 0.471. The van der Waals surface area contributed by atoms with E-state index in [0.29, 0.717) is 13.0 Å². The van der Waals surface area contributed by atoms with Crippen LogP contribution in [0.15, 0.2) is 24.3 Å². The molecule has 3 N–H and O–H groups in total. The highest BCUT2D eigenvalue weighted by molar-refractivity contribution is 6.02. The lowest BCUT2D eigenvalue weighted by molar-refractivity contribution is -0.140. The van der Waals surface area contributed by atoms with E-state index in [-0.39, 0.29) is 17.7 Å². The molecule has 0 saturated heterocycles. The summed E-state index contributed by atoms with van der Waals surface area (Å²) in [5, 5.41) is 14.7. The molecule has 2 amide bonds. The zero-order chi connectivity index (χ0) is 16.8. The molecule has 6 nitrogen and oxygen atoms in total. The number of carboxylic acid groups (broad SMARTS) is 1. The average molecular weight is 316 g/mol. The Morgan fingerprint density at radius 3 is 2.61 bits per heavy atom. The molecule has 1 fully saturated rings. The number of hydrogen-bond acceptors (Lipinski definition) is 3. The van der Waals surface area contributed by atoms with Gasteiger partial charge in [0.15, 0.2) is 0 Å².